The maximum absolute atomic E-state index is 11.1. The number of pyridine rings is 1. The van der Waals surface area contributed by atoms with Gasteiger partial charge >= 0.3 is 5.97 Å². The highest BCUT2D eigenvalue weighted by Gasteiger charge is 2.19. The lowest BCUT2D eigenvalue weighted by Gasteiger charge is -2.13. The quantitative estimate of drug-likeness (QED) is 0.342. The maximum atomic E-state index is 11.1. The number of nitrogens with one attached hydrogen (secondary N) is 1. The fourth-order valence-electron chi connectivity index (χ4n) is 4.26. The van der Waals surface area contributed by atoms with Crippen molar-refractivity contribution in [3.63, 3.8) is 0 Å². The lowest BCUT2D eigenvalue weighted by atomic mass is 10.0. The van der Waals surface area contributed by atoms with Crippen LogP contribution in [0, 0.1) is 11.3 Å². The lowest BCUT2D eigenvalue weighted by molar-refractivity contribution is -0.137. The molecular formula is C27H26N8O3. The maximum Gasteiger partial charge on any atom is 0.304 e. The molecule has 3 aromatic heterocycles. The van der Waals surface area contributed by atoms with E-state index in [1.54, 1.807) is 23.0 Å². The first kappa shape index (κ1) is 25.0. The van der Waals surface area contributed by atoms with E-state index < -0.39 is 5.97 Å². The molecule has 38 heavy (non-hydrogen) atoms. The Hall–Kier alpha value is -4.69. The van der Waals surface area contributed by atoms with E-state index in [0.29, 0.717) is 48.4 Å². The Balaban J connectivity index is 1.43. The van der Waals surface area contributed by atoms with E-state index in [9.17, 15) is 10.1 Å². The molecule has 1 aromatic carbocycles. The number of benzene rings is 1. The topological polar surface area (TPSA) is 152 Å². The molecule has 2 N–H and O–H groups in total. The van der Waals surface area contributed by atoms with Gasteiger partial charge in [0.15, 0.2) is 0 Å². The second-order valence-corrected chi connectivity index (χ2v) is 9.21. The number of aliphatic carboxylic acids is 1. The lowest BCUT2D eigenvalue weighted by Crippen LogP contribution is -2.20. The Kier molecular flexibility index (Phi) is 7.33. The second-order valence-electron chi connectivity index (χ2n) is 9.21. The Bertz CT molecular complexity index is 1490. The van der Waals surface area contributed by atoms with Crippen LogP contribution in [0.25, 0.3) is 22.6 Å². The molecule has 1 aliphatic rings. The zero-order valence-corrected chi connectivity index (χ0v) is 20.8. The summed E-state index contributed by atoms with van der Waals surface area (Å²) in [5.41, 5.74) is 4.60. The molecule has 192 valence electrons. The highest BCUT2D eigenvalue weighted by atomic mass is 16.5. The molecule has 0 radical (unpaired) electrons. The van der Waals surface area contributed by atoms with Crippen LogP contribution in [0.1, 0.15) is 42.6 Å². The molecule has 11 nitrogen and oxygen atoms in total. The Labute approximate surface area is 219 Å². The third-order valence-corrected chi connectivity index (χ3v) is 6.22. The third kappa shape index (κ3) is 5.99. The average Bonchev–Trinajstić information content (AvgIpc) is 3.61. The number of hydrogen-bond acceptors (Lipinski definition) is 9. The molecule has 1 saturated heterocycles. The van der Waals surface area contributed by atoms with E-state index in [1.165, 1.54) is 0 Å². The molecule has 11 heteroatoms. The number of carbonyl (C=O) groups is 1. The Morgan fingerprint density at radius 3 is 2.82 bits per heavy atom. The van der Waals surface area contributed by atoms with E-state index in [0.717, 1.165) is 23.4 Å². The summed E-state index contributed by atoms with van der Waals surface area (Å²) in [5, 5.41) is 30.4. The van der Waals surface area contributed by atoms with Crippen LogP contribution in [0.15, 0.2) is 54.7 Å². The summed E-state index contributed by atoms with van der Waals surface area (Å²) in [4.78, 5) is 25.1. The van der Waals surface area contributed by atoms with Gasteiger partial charge in [-0.05, 0) is 36.8 Å². The number of nitrogens with zero attached hydrogens (tertiary/aromatic N) is 7. The summed E-state index contributed by atoms with van der Waals surface area (Å²) >= 11 is 0. The summed E-state index contributed by atoms with van der Waals surface area (Å²) < 4.78 is 7.14. The van der Waals surface area contributed by atoms with Gasteiger partial charge in [-0.1, -0.05) is 30.3 Å². The van der Waals surface area contributed by atoms with Gasteiger partial charge in [-0.15, -0.1) is 5.10 Å². The number of carboxylic acid groups (broad SMARTS) is 1. The Morgan fingerprint density at radius 1 is 1.18 bits per heavy atom. The van der Waals surface area contributed by atoms with Crippen molar-refractivity contribution in [2.24, 2.45) is 0 Å². The van der Waals surface area contributed by atoms with E-state index in [2.05, 4.69) is 26.7 Å². The van der Waals surface area contributed by atoms with Crippen molar-refractivity contribution in [3.05, 3.63) is 71.7 Å². The normalized spacial score (nSPS) is 15.6. The average molecular weight is 511 g/mol. The van der Waals surface area contributed by atoms with Crippen LogP contribution in [0.5, 0.6) is 0 Å². The minimum Gasteiger partial charge on any atom is -0.481 e. The van der Waals surface area contributed by atoms with Crippen LogP contribution >= 0.6 is 0 Å². The number of aromatic nitrogens is 6. The number of hydrogen-bond donors (Lipinski definition) is 2. The van der Waals surface area contributed by atoms with Gasteiger partial charge < -0.3 is 15.2 Å². The largest absolute Gasteiger partial charge is 0.481 e. The molecule has 1 fully saturated rings. The van der Waals surface area contributed by atoms with Gasteiger partial charge in [0.2, 0.25) is 5.95 Å². The van der Waals surface area contributed by atoms with Crippen LogP contribution in [0.2, 0.25) is 0 Å². The van der Waals surface area contributed by atoms with E-state index in [-0.39, 0.29) is 18.4 Å². The number of ether oxygens (including phenoxy) is 1. The molecule has 0 aliphatic carbocycles. The minimum absolute atomic E-state index is 0.0145. The predicted molar refractivity (Wildman–Crippen MR) is 138 cm³/mol. The third-order valence-electron chi connectivity index (χ3n) is 6.22. The second kappa shape index (κ2) is 11.1. The van der Waals surface area contributed by atoms with Crippen LogP contribution in [-0.4, -0.2) is 60.3 Å². The summed E-state index contributed by atoms with van der Waals surface area (Å²) in [7, 11) is 0. The van der Waals surface area contributed by atoms with Crippen molar-refractivity contribution >= 4 is 11.9 Å². The zero-order valence-electron chi connectivity index (χ0n) is 20.8. The molecule has 5 rings (SSSR count). The van der Waals surface area contributed by atoms with Crippen molar-refractivity contribution in [1.29, 1.82) is 5.26 Å². The van der Waals surface area contributed by atoms with Gasteiger partial charge in [0.1, 0.15) is 5.69 Å². The molecular weight excluding hydrogens is 484 g/mol. The van der Waals surface area contributed by atoms with Gasteiger partial charge in [-0.2, -0.15) is 5.26 Å². The molecule has 1 aliphatic heterocycles. The van der Waals surface area contributed by atoms with Gasteiger partial charge in [0.25, 0.3) is 0 Å². The van der Waals surface area contributed by atoms with Crippen LogP contribution in [-0.2, 0) is 16.1 Å². The summed E-state index contributed by atoms with van der Waals surface area (Å²) in [5.74, 6) is -0.607. The summed E-state index contributed by atoms with van der Waals surface area (Å²) in [6, 6.07) is 16.9. The molecule has 4 heterocycles. The van der Waals surface area contributed by atoms with Gasteiger partial charge in [-0.25, -0.2) is 14.6 Å². The Morgan fingerprint density at radius 2 is 2.03 bits per heavy atom. The minimum atomic E-state index is -0.858. The molecule has 0 spiro atoms. The molecule has 0 saturated carbocycles. The number of carboxylic acids is 1. The highest BCUT2D eigenvalue weighted by molar-refractivity contribution is 5.69. The van der Waals surface area contributed by atoms with E-state index in [4.69, 9.17) is 19.8 Å². The fraction of sp³-hybridized carbons (Fsp3) is 0.296. The molecule has 2 atom stereocenters. The SMILES string of the molecule is CC(CC(=O)O)c1cccc(Cn2cc(-c3cc(-c4cccc(C#N)c4)nc(N[C@H]4CCOC4)n3)nn2)n1. The van der Waals surface area contributed by atoms with Crippen molar-refractivity contribution in [3.8, 4) is 28.7 Å². The molecule has 0 amide bonds. The number of rotatable bonds is 9. The van der Waals surface area contributed by atoms with Crippen LogP contribution in [0.3, 0.4) is 0 Å². The first-order chi connectivity index (χ1) is 18.5. The summed E-state index contributed by atoms with van der Waals surface area (Å²) in [6.45, 7) is 3.48. The van der Waals surface area contributed by atoms with Gasteiger partial charge in [0, 0.05) is 23.8 Å². The number of anilines is 1. The van der Waals surface area contributed by atoms with Crippen LogP contribution in [0.4, 0.5) is 5.95 Å². The van der Waals surface area contributed by atoms with E-state index in [1.807, 2.05) is 43.3 Å². The van der Waals surface area contributed by atoms with Gasteiger partial charge in [0.05, 0.1) is 60.5 Å². The fourth-order valence-corrected chi connectivity index (χ4v) is 4.26. The van der Waals surface area contributed by atoms with Crippen molar-refractivity contribution in [2.45, 2.75) is 38.3 Å². The summed E-state index contributed by atoms with van der Waals surface area (Å²) in [6.07, 6.45) is 2.66. The predicted octanol–water partition coefficient (Wildman–Crippen LogP) is 3.50. The van der Waals surface area contributed by atoms with Crippen LogP contribution < -0.4 is 5.32 Å². The number of nitriles is 1. The van der Waals surface area contributed by atoms with Crippen molar-refractivity contribution in [1.82, 2.24) is 29.9 Å². The van der Waals surface area contributed by atoms with E-state index >= 15 is 0 Å². The first-order valence-corrected chi connectivity index (χ1v) is 12.3. The smallest absolute Gasteiger partial charge is 0.304 e. The monoisotopic (exact) mass is 510 g/mol. The first-order valence-electron chi connectivity index (χ1n) is 12.3. The van der Waals surface area contributed by atoms with Crippen molar-refractivity contribution in [2.75, 3.05) is 18.5 Å². The standard InChI is InChI=1S/C27H26N8O3/c1-17(10-26(36)37)22-7-3-6-20(29-22)14-35-15-25(33-34-35)24-12-23(19-5-2-4-18(11-19)13-28)31-27(32-24)30-21-8-9-38-16-21/h2-7,11-12,15,17,21H,8-10,14,16H2,1H3,(H,36,37)(H,30,31,32)/t17?,21-/m0/s1. The molecule has 0 bridgehead atoms. The molecule has 1 unspecified atom stereocenters. The van der Waals surface area contributed by atoms with Crippen molar-refractivity contribution < 1.29 is 14.6 Å². The zero-order chi connectivity index (χ0) is 26.5. The van der Waals surface area contributed by atoms with Gasteiger partial charge in [-0.3, -0.25) is 9.78 Å². The highest BCUT2D eigenvalue weighted by Crippen LogP contribution is 2.26. The molecule has 4 aromatic rings.